The Kier molecular flexibility index (Phi) is 3.88. The van der Waals surface area contributed by atoms with Crippen LogP contribution in [0.1, 0.15) is 26.3 Å². The van der Waals surface area contributed by atoms with E-state index in [2.05, 4.69) is 0 Å². The zero-order valence-corrected chi connectivity index (χ0v) is 11.1. The molecule has 0 bridgehead atoms. The molecule has 2 aromatic rings. The summed E-state index contributed by atoms with van der Waals surface area (Å²) in [6.45, 7) is 0. The van der Waals surface area contributed by atoms with Gasteiger partial charge in [0.25, 0.3) is 0 Å². The number of aromatic carboxylic acids is 1. The summed E-state index contributed by atoms with van der Waals surface area (Å²) in [7, 11) is 0. The van der Waals surface area contributed by atoms with Gasteiger partial charge in [-0.1, -0.05) is 23.2 Å². The Morgan fingerprint density at radius 3 is 2.05 bits per heavy atom. The van der Waals surface area contributed by atoms with Gasteiger partial charge in [0.05, 0.1) is 10.6 Å². The van der Waals surface area contributed by atoms with Crippen molar-refractivity contribution in [2.24, 2.45) is 0 Å². The fraction of sp³-hybridized carbons (Fsp3) is 0. The van der Waals surface area contributed by atoms with Crippen molar-refractivity contribution < 1.29 is 14.7 Å². The molecule has 0 atom stereocenters. The Morgan fingerprint density at radius 2 is 1.47 bits per heavy atom. The molecule has 3 nitrogen and oxygen atoms in total. The zero-order valence-electron chi connectivity index (χ0n) is 9.56. The number of carboxylic acids is 1. The Hall–Kier alpha value is -1.84. The summed E-state index contributed by atoms with van der Waals surface area (Å²) in [6.07, 6.45) is 0. The molecule has 0 saturated heterocycles. The zero-order chi connectivity index (χ0) is 14.0. The van der Waals surface area contributed by atoms with E-state index >= 15 is 0 Å². The van der Waals surface area contributed by atoms with Crippen molar-refractivity contribution in [1.82, 2.24) is 0 Å². The van der Waals surface area contributed by atoms with Gasteiger partial charge in [-0.3, -0.25) is 4.79 Å². The van der Waals surface area contributed by atoms with Gasteiger partial charge in [0.1, 0.15) is 0 Å². The van der Waals surface area contributed by atoms with E-state index in [-0.39, 0.29) is 21.9 Å². The van der Waals surface area contributed by atoms with Crippen LogP contribution in [0.3, 0.4) is 0 Å². The van der Waals surface area contributed by atoms with E-state index in [9.17, 15) is 9.59 Å². The highest BCUT2D eigenvalue weighted by molar-refractivity contribution is 6.33. The highest BCUT2D eigenvalue weighted by Crippen LogP contribution is 2.20. The van der Waals surface area contributed by atoms with Crippen molar-refractivity contribution in [3.05, 3.63) is 69.2 Å². The maximum absolute atomic E-state index is 12.2. The van der Waals surface area contributed by atoms with Gasteiger partial charge in [-0.15, -0.1) is 0 Å². The Labute approximate surface area is 119 Å². The van der Waals surface area contributed by atoms with Crippen LogP contribution in [0.5, 0.6) is 0 Å². The molecule has 0 aromatic heterocycles. The lowest BCUT2D eigenvalue weighted by molar-refractivity contribution is 0.0697. The number of carbonyl (C=O) groups excluding carboxylic acids is 1. The lowest BCUT2D eigenvalue weighted by Crippen LogP contribution is -2.05. The number of ketones is 1. The number of halogens is 2. The number of carboxylic acid groups (broad SMARTS) is 1. The van der Waals surface area contributed by atoms with Gasteiger partial charge < -0.3 is 5.11 Å². The second-order valence-electron chi connectivity index (χ2n) is 3.84. The summed E-state index contributed by atoms with van der Waals surface area (Å²) in [6, 6.07) is 10.5. The molecule has 0 amide bonds. The van der Waals surface area contributed by atoms with E-state index in [0.29, 0.717) is 10.6 Å². The lowest BCUT2D eigenvalue weighted by Gasteiger charge is -2.04. The topological polar surface area (TPSA) is 54.4 Å². The minimum absolute atomic E-state index is 0.0959. The summed E-state index contributed by atoms with van der Waals surface area (Å²) in [5, 5.41) is 9.59. The Bertz CT molecular complexity index is 648. The molecule has 0 radical (unpaired) electrons. The second-order valence-corrected chi connectivity index (χ2v) is 4.68. The minimum atomic E-state index is -1.17. The quantitative estimate of drug-likeness (QED) is 0.873. The smallest absolute Gasteiger partial charge is 0.337 e. The van der Waals surface area contributed by atoms with Crippen LogP contribution in [0.15, 0.2) is 42.5 Å². The maximum Gasteiger partial charge on any atom is 0.337 e. The highest BCUT2D eigenvalue weighted by Gasteiger charge is 2.14. The van der Waals surface area contributed by atoms with Gasteiger partial charge in [-0.2, -0.15) is 0 Å². The predicted molar refractivity (Wildman–Crippen MR) is 73.3 cm³/mol. The minimum Gasteiger partial charge on any atom is -0.478 e. The third-order valence-corrected chi connectivity index (χ3v) is 3.15. The van der Waals surface area contributed by atoms with Crippen molar-refractivity contribution in [1.29, 1.82) is 0 Å². The molecule has 2 aromatic carbocycles. The van der Waals surface area contributed by atoms with Crippen molar-refractivity contribution in [2.75, 3.05) is 0 Å². The van der Waals surface area contributed by atoms with Crippen LogP contribution < -0.4 is 0 Å². The van der Waals surface area contributed by atoms with E-state index in [0.717, 1.165) is 0 Å². The third kappa shape index (κ3) is 2.95. The van der Waals surface area contributed by atoms with Crippen molar-refractivity contribution >= 4 is 35.0 Å². The van der Waals surface area contributed by atoms with E-state index < -0.39 is 5.97 Å². The summed E-state index contributed by atoms with van der Waals surface area (Å²) in [4.78, 5) is 23.1. The summed E-state index contributed by atoms with van der Waals surface area (Å²) in [5.41, 5.74) is 0.605. The van der Waals surface area contributed by atoms with Crippen LogP contribution >= 0.6 is 23.2 Å². The molecular formula is C14H8Cl2O3. The molecule has 19 heavy (non-hydrogen) atoms. The molecule has 0 aliphatic carbocycles. The second kappa shape index (κ2) is 5.43. The van der Waals surface area contributed by atoms with Crippen LogP contribution in [0, 0.1) is 0 Å². The molecule has 2 rings (SSSR count). The molecule has 0 aliphatic rings. The van der Waals surface area contributed by atoms with Crippen LogP contribution in [-0.2, 0) is 0 Å². The lowest BCUT2D eigenvalue weighted by atomic mass is 10.0. The number of hydrogen-bond acceptors (Lipinski definition) is 2. The number of carbonyl (C=O) groups is 2. The highest BCUT2D eigenvalue weighted by atomic mass is 35.5. The van der Waals surface area contributed by atoms with Gasteiger partial charge in [0.15, 0.2) is 5.78 Å². The number of rotatable bonds is 3. The SMILES string of the molecule is O=C(c1ccc(Cl)cc1)c1ccc(Cl)c(C(=O)O)c1. The third-order valence-electron chi connectivity index (χ3n) is 2.57. The van der Waals surface area contributed by atoms with Crippen molar-refractivity contribution in [2.45, 2.75) is 0 Å². The average Bonchev–Trinajstić information content (AvgIpc) is 2.39. The molecule has 96 valence electrons. The van der Waals surface area contributed by atoms with Crippen LogP contribution in [0.25, 0.3) is 0 Å². The molecule has 0 unspecified atom stereocenters. The molecule has 0 aliphatic heterocycles. The van der Waals surface area contributed by atoms with E-state index in [1.807, 2.05) is 0 Å². The van der Waals surface area contributed by atoms with E-state index in [1.165, 1.54) is 18.2 Å². The van der Waals surface area contributed by atoms with Gasteiger partial charge in [0, 0.05) is 16.1 Å². The normalized spacial score (nSPS) is 10.2. The predicted octanol–water partition coefficient (Wildman–Crippen LogP) is 3.92. The van der Waals surface area contributed by atoms with Crippen LogP contribution in [0.2, 0.25) is 10.0 Å². The first-order valence-corrected chi connectivity index (χ1v) is 6.08. The van der Waals surface area contributed by atoms with Gasteiger partial charge in [-0.05, 0) is 42.5 Å². The average molecular weight is 295 g/mol. The Morgan fingerprint density at radius 1 is 0.895 bits per heavy atom. The first-order valence-electron chi connectivity index (χ1n) is 5.32. The molecule has 0 heterocycles. The van der Waals surface area contributed by atoms with Crippen molar-refractivity contribution in [3.8, 4) is 0 Å². The first-order chi connectivity index (χ1) is 8.99. The van der Waals surface area contributed by atoms with Gasteiger partial charge >= 0.3 is 5.97 Å². The number of hydrogen-bond donors (Lipinski definition) is 1. The largest absolute Gasteiger partial charge is 0.478 e. The first kappa shape index (κ1) is 13.6. The van der Waals surface area contributed by atoms with E-state index in [1.54, 1.807) is 24.3 Å². The Balaban J connectivity index is 2.42. The van der Waals surface area contributed by atoms with Gasteiger partial charge in [-0.25, -0.2) is 4.79 Å². The standard InChI is InChI=1S/C14H8Cl2O3/c15-10-4-1-8(2-5-10)13(17)9-3-6-12(16)11(7-9)14(18)19/h1-7H,(H,18,19). The van der Waals surface area contributed by atoms with Crippen molar-refractivity contribution in [3.63, 3.8) is 0 Å². The summed E-state index contributed by atoms with van der Waals surface area (Å²) >= 11 is 11.5. The van der Waals surface area contributed by atoms with Crippen LogP contribution in [-0.4, -0.2) is 16.9 Å². The summed E-state index contributed by atoms with van der Waals surface area (Å²) < 4.78 is 0. The molecule has 5 heteroatoms. The van der Waals surface area contributed by atoms with Crippen LogP contribution in [0.4, 0.5) is 0 Å². The molecule has 0 spiro atoms. The molecule has 0 saturated carbocycles. The monoisotopic (exact) mass is 294 g/mol. The van der Waals surface area contributed by atoms with Gasteiger partial charge in [0.2, 0.25) is 0 Å². The number of benzene rings is 2. The maximum atomic E-state index is 12.2. The fourth-order valence-electron chi connectivity index (χ4n) is 1.60. The molecule has 1 N–H and O–H groups in total. The van der Waals surface area contributed by atoms with E-state index in [4.69, 9.17) is 28.3 Å². The molecule has 0 fully saturated rings. The molecular weight excluding hydrogens is 287 g/mol. The summed E-state index contributed by atoms with van der Waals surface area (Å²) in [5.74, 6) is -1.45. The fourth-order valence-corrected chi connectivity index (χ4v) is 1.92.